The van der Waals surface area contributed by atoms with E-state index in [4.69, 9.17) is 9.84 Å². The fourth-order valence-corrected chi connectivity index (χ4v) is 1.45. The molecule has 1 amide bonds. The molecule has 0 fully saturated rings. The minimum atomic E-state index is -1.19. The van der Waals surface area contributed by atoms with Crippen LogP contribution in [0.1, 0.15) is 20.3 Å². The molecular weight excluding hydrogens is 253 g/mol. The molecule has 0 saturated heterocycles. The zero-order chi connectivity index (χ0) is 14.6. The minimum absolute atomic E-state index is 0.175. The van der Waals surface area contributed by atoms with Gasteiger partial charge in [-0.15, -0.1) is 0 Å². The van der Waals surface area contributed by atoms with Crippen LogP contribution in [0.25, 0.3) is 0 Å². The van der Waals surface area contributed by atoms with Crippen molar-refractivity contribution in [1.82, 2.24) is 0 Å². The van der Waals surface area contributed by atoms with Gasteiger partial charge in [0, 0.05) is 12.5 Å². The van der Waals surface area contributed by atoms with E-state index in [2.05, 4.69) is 5.32 Å². The average molecular weight is 269 g/mol. The van der Waals surface area contributed by atoms with Crippen LogP contribution in [0.5, 0.6) is 5.75 Å². The highest BCUT2D eigenvalue weighted by atomic mass is 19.1. The van der Waals surface area contributed by atoms with Crippen LogP contribution in [0.15, 0.2) is 18.2 Å². The Bertz CT molecular complexity index is 499. The van der Waals surface area contributed by atoms with Crippen molar-refractivity contribution in [3.8, 4) is 5.75 Å². The van der Waals surface area contributed by atoms with E-state index < -0.39 is 23.1 Å². The lowest BCUT2D eigenvalue weighted by atomic mass is 9.89. The monoisotopic (exact) mass is 269 g/mol. The van der Waals surface area contributed by atoms with Gasteiger partial charge in [-0.3, -0.25) is 9.59 Å². The third-order valence-electron chi connectivity index (χ3n) is 2.62. The molecule has 0 aromatic heterocycles. The maximum atomic E-state index is 13.1. The molecule has 1 aromatic rings. The minimum Gasteiger partial charge on any atom is -0.495 e. The second-order valence-electron chi connectivity index (χ2n) is 4.76. The van der Waals surface area contributed by atoms with E-state index >= 15 is 0 Å². The smallest absolute Gasteiger partial charge is 0.309 e. The Morgan fingerprint density at radius 2 is 2.05 bits per heavy atom. The number of benzene rings is 1. The number of anilines is 1. The summed E-state index contributed by atoms with van der Waals surface area (Å²) < 4.78 is 18.1. The van der Waals surface area contributed by atoms with Gasteiger partial charge in [0.05, 0.1) is 18.2 Å². The van der Waals surface area contributed by atoms with Crippen LogP contribution in [0.2, 0.25) is 0 Å². The molecule has 0 saturated carbocycles. The number of ether oxygens (including phenoxy) is 1. The number of aliphatic carboxylic acids is 1. The zero-order valence-corrected chi connectivity index (χ0v) is 11.0. The van der Waals surface area contributed by atoms with Crippen molar-refractivity contribution in [2.24, 2.45) is 5.41 Å². The summed E-state index contributed by atoms with van der Waals surface area (Å²) in [6.07, 6.45) is -0.220. The Hall–Kier alpha value is -2.11. The molecule has 6 heteroatoms. The van der Waals surface area contributed by atoms with Gasteiger partial charge < -0.3 is 15.2 Å². The van der Waals surface area contributed by atoms with Crippen LogP contribution < -0.4 is 10.1 Å². The molecule has 5 nitrogen and oxygen atoms in total. The first-order chi connectivity index (χ1) is 8.76. The van der Waals surface area contributed by atoms with Crippen LogP contribution in [0.4, 0.5) is 10.1 Å². The quantitative estimate of drug-likeness (QED) is 0.859. The standard InChI is InChI=1S/C13H16FNO4/c1-13(2,12(17)18)7-11(16)15-9-6-8(14)4-5-10(9)19-3/h4-6H,7H2,1-3H3,(H,15,16)(H,17,18). The van der Waals surface area contributed by atoms with Crippen LogP contribution in [-0.4, -0.2) is 24.1 Å². The molecule has 1 rings (SSSR count). The van der Waals surface area contributed by atoms with Crippen LogP contribution in [0, 0.1) is 11.2 Å². The number of methoxy groups -OCH3 is 1. The molecule has 2 N–H and O–H groups in total. The van der Waals surface area contributed by atoms with Crippen molar-refractivity contribution in [3.05, 3.63) is 24.0 Å². The van der Waals surface area contributed by atoms with E-state index in [1.54, 1.807) is 0 Å². The highest BCUT2D eigenvalue weighted by molar-refractivity contribution is 5.95. The molecule has 0 heterocycles. The van der Waals surface area contributed by atoms with Gasteiger partial charge in [-0.1, -0.05) is 0 Å². The molecule has 0 atom stereocenters. The Morgan fingerprint density at radius 3 is 2.58 bits per heavy atom. The Kier molecular flexibility index (Phi) is 4.47. The summed E-state index contributed by atoms with van der Waals surface area (Å²) in [5.41, 5.74) is -1.02. The van der Waals surface area contributed by atoms with E-state index in [9.17, 15) is 14.0 Å². The highest BCUT2D eigenvalue weighted by Gasteiger charge is 2.30. The predicted octanol–water partition coefficient (Wildman–Crippen LogP) is 2.27. The first kappa shape index (κ1) is 14.9. The predicted molar refractivity (Wildman–Crippen MR) is 67.6 cm³/mol. The van der Waals surface area contributed by atoms with E-state index in [1.165, 1.54) is 33.1 Å². The van der Waals surface area contributed by atoms with Crippen molar-refractivity contribution in [1.29, 1.82) is 0 Å². The lowest BCUT2D eigenvalue weighted by Crippen LogP contribution is -2.29. The van der Waals surface area contributed by atoms with Crippen LogP contribution in [0.3, 0.4) is 0 Å². The number of hydrogen-bond acceptors (Lipinski definition) is 3. The second kappa shape index (κ2) is 5.69. The molecule has 1 aromatic carbocycles. The number of rotatable bonds is 5. The lowest BCUT2D eigenvalue weighted by Gasteiger charge is -2.18. The van der Waals surface area contributed by atoms with E-state index in [0.29, 0.717) is 5.75 Å². The molecule has 19 heavy (non-hydrogen) atoms. The number of carbonyl (C=O) groups is 2. The van der Waals surface area contributed by atoms with Gasteiger partial charge in [-0.05, 0) is 26.0 Å². The molecule has 0 unspecified atom stereocenters. The Balaban J connectivity index is 2.83. The normalized spacial score (nSPS) is 10.9. The van der Waals surface area contributed by atoms with Gasteiger partial charge in [0.15, 0.2) is 0 Å². The molecule has 0 spiro atoms. The summed E-state index contributed by atoms with van der Waals surface area (Å²) in [6, 6.07) is 3.70. The summed E-state index contributed by atoms with van der Waals surface area (Å²) in [7, 11) is 1.39. The van der Waals surface area contributed by atoms with Gasteiger partial charge in [0.1, 0.15) is 11.6 Å². The summed E-state index contributed by atoms with van der Waals surface area (Å²) >= 11 is 0. The molecule has 0 aliphatic heterocycles. The number of hydrogen-bond donors (Lipinski definition) is 2. The largest absolute Gasteiger partial charge is 0.495 e. The summed E-state index contributed by atoms with van der Waals surface area (Å²) in [6.45, 7) is 2.88. The van der Waals surface area contributed by atoms with Crippen molar-refractivity contribution in [3.63, 3.8) is 0 Å². The van der Waals surface area contributed by atoms with Gasteiger partial charge in [-0.25, -0.2) is 4.39 Å². The fourth-order valence-electron chi connectivity index (χ4n) is 1.45. The van der Waals surface area contributed by atoms with Crippen molar-refractivity contribution in [2.75, 3.05) is 12.4 Å². The van der Waals surface area contributed by atoms with Gasteiger partial charge in [-0.2, -0.15) is 0 Å². The number of halogens is 1. The molecule has 0 aliphatic rings. The maximum Gasteiger partial charge on any atom is 0.309 e. The highest BCUT2D eigenvalue weighted by Crippen LogP contribution is 2.27. The van der Waals surface area contributed by atoms with E-state index in [-0.39, 0.29) is 12.1 Å². The molecular formula is C13H16FNO4. The topological polar surface area (TPSA) is 75.6 Å². The molecule has 104 valence electrons. The SMILES string of the molecule is COc1ccc(F)cc1NC(=O)CC(C)(C)C(=O)O. The third-order valence-corrected chi connectivity index (χ3v) is 2.62. The Morgan fingerprint density at radius 1 is 1.42 bits per heavy atom. The first-order valence-electron chi connectivity index (χ1n) is 5.63. The van der Waals surface area contributed by atoms with Crippen molar-refractivity contribution < 1.29 is 23.8 Å². The number of carbonyl (C=O) groups excluding carboxylic acids is 1. The molecule has 0 aliphatic carbocycles. The zero-order valence-electron chi connectivity index (χ0n) is 11.0. The fraction of sp³-hybridized carbons (Fsp3) is 0.385. The maximum absolute atomic E-state index is 13.1. The number of nitrogens with one attached hydrogen (secondary N) is 1. The summed E-state index contributed by atoms with van der Waals surface area (Å²) in [5, 5.41) is 11.4. The molecule has 0 radical (unpaired) electrons. The number of carboxylic acids is 1. The number of carboxylic acid groups (broad SMARTS) is 1. The lowest BCUT2D eigenvalue weighted by molar-refractivity contribution is -0.148. The molecule has 0 bridgehead atoms. The van der Waals surface area contributed by atoms with Gasteiger partial charge >= 0.3 is 5.97 Å². The van der Waals surface area contributed by atoms with E-state index in [1.807, 2.05) is 0 Å². The average Bonchev–Trinajstić information content (AvgIpc) is 2.28. The van der Waals surface area contributed by atoms with Gasteiger partial charge in [0.2, 0.25) is 5.91 Å². The van der Waals surface area contributed by atoms with E-state index in [0.717, 1.165) is 6.07 Å². The first-order valence-corrected chi connectivity index (χ1v) is 5.63. The van der Waals surface area contributed by atoms with Crippen molar-refractivity contribution >= 4 is 17.6 Å². The van der Waals surface area contributed by atoms with Gasteiger partial charge in [0.25, 0.3) is 0 Å². The summed E-state index contributed by atoms with van der Waals surface area (Å²) in [5.74, 6) is -1.80. The second-order valence-corrected chi connectivity index (χ2v) is 4.76. The van der Waals surface area contributed by atoms with Crippen LogP contribution in [-0.2, 0) is 9.59 Å². The Labute approximate surface area is 110 Å². The summed E-state index contributed by atoms with van der Waals surface area (Å²) in [4.78, 5) is 22.7. The van der Waals surface area contributed by atoms with Crippen molar-refractivity contribution in [2.45, 2.75) is 20.3 Å². The third kappa shape index (κ3) is 3.94. The number of amides is 1. The van der Waals surface area contributed by atoms with Crippen LogP contribution >= 0.6 is 0 Å².